The van der Waals surface area contributed by atoms with Crippen LogP contribution in [0.15, 0.2) is 48.9 Å². The Balaban J connectivity index is 1.89. The molecule has 0 heterocycles. The van der Waals surface area contributed by atoms with Crippen molar-refractivity contribution in [1.29, 1.82) is 0 Å². The number of carbonyl (C=O) groups is 1. The van der Waals surface area contributed by atoms with E-state index in [1.807, 2.05) is 19.2 Å². The molecule has 4 N–H and O–H groups in total. The average Bonchev–Trinajstić information content (AvgIpc) is 2.73. The van der Waals surface area contributed by atoms with E-state index >= 15 is 0 Å². The van der Waals surface area contributed by atoms with Crippen molar-refractivity contribution in [1.82, 2.24) is 10.6 Å². The third kappa shape index (κ3) is 8.10. The van der Waals surface area contributed by atoms with E-state index < -0.39 is 5.91 Å². The van der Waals surface area contributed by atoms with E-state index in [9.17, 15) is 15.1 Å². The fraction of sp³-hybridized carbons (Fsp3) is 0.333. The maximum absolute atomic E-state index is 12.4. The van der Waals surface area contributed by atoms with Crippen LogP contribution in [0.4, 0.5) is 0 Å². The molecule has 0 saturated heterocycles. The topological polar surface area (TPSA) is 103 Å². The molecule has 10 heteroatoms. The molecule has 0 aliphatic rings. The largest absolute Gasteiger partial charge is 0.507 e. The van der Waals surface area contributed by atoms with Gasteiger partial charge in [-0.1, -0.05) is 11.2 Å². The maximum atomic E-state index is 12.4. The number of aromatic hydroxyl groups is 1. The summed E-state index contributed by atoms with van der Waals surface area (Å²) in [5.41, 5.74) is 1.72. The van der Waals surface area contributed by atoms with Crippen LogP contribution in [0.2, 0.25) is 0 Å². The first-order chi connectivity index (χ1) is 14.8. The van der Waals surface area contributed by atoms with Crippen LogP contribution < -0.4 is 15.4 Å². The van der Waals surface area contributed by atoms with Gasteiger partial charge in [0.25, 0.3) is 5.91 Å². The van der Waals surface area contributed by atoms with Gasteiger partial charge in [0, 0.05) is 13.0 Å². The monoisotopic (exact) mass is 619 g/mol. The van der Waals surface area contributed by atoms with Crippen LogP contribution in [-0.2, 0) is 17.6 Å². The Hall–Kier alpha value is -1.62. The second-order valence-electron chi connectivity index (χ2n) is 6.71. The predicted molar refractivity (Wildman–Crippen MR) is 131 cm³/mol. The summed E-state index contributed by atoms with van der Waals surface area (Å²) in [6.45, 7) is 1.86. The van der Waals surface area contributed by atoms with Gasteiger partial charge in [-0.25, -0.2) is 0 Å². The molecule has 31 heavy (non-hydrogen) atoms. The Kier molecular flexibility index (Phi) is 10.8. The highest BCUT2D eigenvalue weighted by Gasteiger charge is 2.14. The third-order valence-corrected chi connectivity index (χ3v) is 6.15. The molecule has 0 aliphatic carbocycles. The number of nitrogens with one attached hydrogen (secondary N) is 2. The zero-order valence-corrected chi connectivity index (χ0v) is 21.7. The number of nitrogens with zero attached hydrogens (tertiary/aromatic N) is 1. The number of benzene rings is 2. The van der Waals surface area contributed by atoms with Gasteiger partial charge >= 0.3 is 0 Å². The lowest BCUT2D eigenvalue weighted by Gasteiger charge is -2.13. The van der Waals surface area contributed by atoms with Gasteiger partial charge in [-0.3, -0.25) is 4.79 Å². The summed E-state index contributed by atoms with van der Waals surface area (Å²) in [7, 11) is 1.90. The summed E-state index contributed by atoms with van der Waals surface area (Å²) in [6, 6.07) is 8.76. The Bertz CT molecular complexity index is 915. The van der Waals surface area contributed by atoms with Gasteiger partial charge in [-0.05, 0) is 110 Å². The van der Waals surface area contributed by atoms with E-state index in [-0.39, 0.29) is 17.9 Å². The minimum Gasteiger partial charge on any atom is -0.507 e. The predicted octanol–water partition coefficient (Wildman–Crippen LogP) is 4.40. The van der Waals surface area contributed by atoms with Gasteiger partial charge in [0.1, 0.15) is 17.2 Å². The summed E-state index contributed by atoms with van der Waals surface area (Å²) in [4.78, 5) is 12.4. The Morgan fingerprint density at radius 2 is 1.74 bits per heavy atom. The van der Waals surface area contributed by atoms with E-state index in [1.54, 1.807) is 12.1 Å². The summed E-state index contributed by atoms with van der Waals surface area (Å²) in [5, 5.41) is 27.8. The molecule has 7 nitrogen and oxygen atoms in total. The number of ether oxygens (including phenoxy) is 1. The molecule has 0 spiro atoms. The van der Waals surface area contributed by atoms with Crippen molar-refractivity contribution in [3.8, 4) is 11.5 Å². The maximum Gasteiger partial charge on any atom is 0.269 e. The smallest absolute Gasteiger partial charge is 0.269 e. The first-order valence-electron chi connectivity index (χ1n) is 9.57. The van der Waals surface area contributed by atoms with Crippen molar-refractivity contribution in [3.05, 3.63) is 54.9 Å². The lowest BCUT2D eigenvalue weighted by molar-refractivity contribution is -0.115. The zero-order valence-electron chi connectivity index (χ0n) is 16.9. The molecule has 0 saturated carbocycles. The van der Waals surface area contributed by atoms with Crippen LogP contribution in [0.3, 0.4) is 0 Å². The number of phenolic OH excluding ortho intramolecular Hbond substituents is 1. The molecule has 2 aromatic carbocycles. The van der Waals surface area contributed by atoms with Crippen molar-refractivity contribution in [2.24, 2.45) is 5.16 Å². The van der Waals surface area contributed by atoms with E-state index in [0.29, 0.717) is 24.0 Å². The molecular formula is C21H24Br3N3O4. The fourth-order valence-electron chi connectivity index (χ4n) is 2.75. The second-order valence-corrected chi connectivity index (χ2v) is 9.27. The summed E-state index contributed by atoms with van der Waals surface area (Å²) in [5.74, 6) is 0.398. The summed E-state index contributed by atoms with van der Waals surface area (Å²) >= 11 is 10.3. The van der Waals surface area contributed by atoms with E-state index in [1.165, 1.54) is 6.07 Å². The average molecular weight is 622 g/mol. The Morgan fingerprint density at radius 1 is 1.06 bits per heavy atom. The number of amides is 1. The summed E-state index contributed by atoms with van der Waals surface area (Å²) in [6.07, 6.45) is 1.63. The van der Waals surface area contributed by atoms with Crippen molar-refractivity contribution in [2.45, 2.75) is 19.3 Å². The molecule has 0 bridgehead atoms. The molecule has 168 valence electrons. The van der Waals surface area contributed by atoms with E-state index in [0.717, 1.165) is 38.8 Å². The molecule has 2 aromatic rings. The molecule has 0 radical (unpaired) electrons. The Labute approximate surface area is 206 Å². The molecular weight excluding hydrogens is 598 g/mol. The van der Waals surface area contributed by atoms with Crippen molar-refractivity contribution in [2.75, 3.05) is 26.7 Å². The molecule has 0 atom stereocenters. The number of hydrogen-bond donors (Lipinski definition) is 4. The highest BCUT2D eigenvalue weighted by molar-refractivity contribution is 9.11. The van der Waals surface area contributed by atoms with E-state index in [2.05, 4.69) is 63.6 Å². The van der Waals surface area contributed by atoms with Crippen LogP contribution in [-0.4, -0.2) is 48.7 Å². The van der Waals surface area contributed by atoms with Crippen LogP contribution in [0.1, 0.15) is 17.5 Å². The Morgan fingerprint density at radius 3 is 2.35 bits per heavy atom. The molecule has 0 aliphatic heterocycles. The number of rotatable bonds is 11. The van der Waals surface area contributed by atoms with Crippen LogP contribution in [0, 0.1) is 0 Å². The minimum atomic E-state index is -0.450. The number of halogens is 3. The highest BCUT2D eigenvalue weighted by Crippen LogP contribution is 2.35. The van der Waals surface area contributed by atoms with Gasteiger partial charge in [0.15, 0.2) is 0 Å². The lowest BCUT2D eigenvalue weighted by Crippen LogP contribution is -2.33. The van der Waals surface area contributed by atoms with Crippen molar-refractivity contribution in [3.63, 3.8) is 0 Å². The number of phenols is 1. The van der Waals surface area contributed by atoms with Crippen molar-refractivity contribution >= 4 is 59.4 Å². The van der Waals surface area contributed by atoms with Crippen LogP contribution >= 0.6 is 47.8 Å². The first-order valence-corrected chi connectivity index (χ1v) is 12.0. The zero-order chi connectivity index (χ0) is 22.8. The van der Waals surface area contributed by atoms with Crippen LogP contribution in [0.25, 0.3) is 0 Å². The van der Waals surface area contributed by atoms with Gasteiger partial charge in [-0.2, -0.15) is 0 Å². The standard InChI is InChI=1S/C21H24Br3N3O4/c1-25-6-2-8-31-20-16(23)10-14(11-17(20)24)5-7-26-21(29)18(27-30)12-13-3-4-19(28)15(22)9-13/h3-4,9-11,25,28,30H,2,5-8,12H2,1H3,(H,26,29). The quantitative estimate of drug-likeness (QED) is 0.129. The lowest BCUT2D eigenvalue weighted by atomic mass is 10.1. The SMILES string of the molecule is CNCCCOc1c(Br)cc(CCNC(=O)C(Cc2ccc(O)c(Br)c2)=NO)cc1Br. The fourth-order valence-corrected chi connectivity index (χ4v) is 4.69. The molecule has 1 amide bonds. The highest BCUT2D eigenvalue weighted by atomic mass is 79.9. The van der Waals surface area contributed by atoms with Gasteiger partial charge in [-0.15, -0.1) is 0 Å². The first kappa shape index (κ1) is 25.6. The molecule has 0 unspecified atom stereocenters. The summed E-state index contributed by atoms with van der Waals surface area (Å²) < 4.78 is 8.00. The molecule has 2 rings (SSSR count). The number of hydrogen-bond acceptors (Lipinski definition) is 6. The molecule has 0 aromatic heterocycles. The van der Waals surface area contributed by atoms with Crippen LogP contribution in [0.5, 0.6) is 11.5 Å². The normalized spacial score (nSPS) is 11.4. The van der Waals surface area contributed by atoms with E-state index in [4.69, 9.17) is 4.74 Å². The molecule has 0 fully saturated rings. The number of oxime groups is 1. The third-order valence-electron chi connectivity index (χ3n) is 4.34. The number of carbonyl (C=O) groups excluding carboxylic acids is 1. The second kappa shape index (κ2) is 13.0. The van der Waals surface area contributed by atoms with Crippen molar-refractivity contribution < 1.29 is 19.8 Å². The minimum absolute atomic E-state index is 0.00901. The van der Waals surface area contributed by atoms with Gasteiger partial charge < -0.3 is 25.7 Å². The van der Waals surface area contributed by atoms with Gasteiger partial charge in [0.05, 0.1) is 20.0 Å². The van der Waals surface area contributed by atoms with Gasteiger partial charge in [0.2, 0.25) is 0 Å².